The zero-order chi connectivity index (χ0) is 8.74. The van der Waals surface area contributed by atoms with Crippen LogP contribution in [0.3, 0.4) is 0 Å². The van der Waals surface area contributed by atoms with Crippen LogP contribution >= 0.6 is 0 Å². The standard InChI is InChI=1S/C9H16O2/c1-5-6-7-8-11-9(2,3)10-4/h7-8H2,1-4H3. The van der Waals surface area contributed by atoms with Crippen molar-refractivity contribution in [3.8, 4) is 11.8 Å². The van der Waals surface area contributed by atoms with Crippen LogP contribution in [0, 0.1) is 11.8 Å². The zero-order valence-electron chi connectivity index (χ0n) is 7.73. The van der Waals surface area contributed by atoms with Crippen molar-refractivity contribution < 1.29 is 9.47 Å². The van der Waals surface area contributed by atoms with Crippen molar-refractivity contribution in [1.82, 2.24) is 0 Å². The molecule has 0 fully saturated rings. The molecule has 0 unspecified atom stereocenters. The Morgan fingerprint density at radius 3 is 2.45 bits per heavy atom. The Kier molecular flexibility index (Phi) is 4.93. The molecule has 0 N–H and O–H groups in total. The van der Waals surface area contributed by atoms with Gasteiger partial charge in [-0.05, 0) is 20.8 Å². The van der Waals surface area contributed by atoms with E-state index in [1.54, 1.807) is 7.11 Å². The van der Waals surface area contributed by atoms with Crippen LogP contribution in [-0.2, 0) is 9.47 Å². The zero-order valence-corrected chi connectivity index (χ0v) is 7.73. The fourth-order valence-electron chi connectivity index (χ4n) is 0.532. The fourth-order valence-corrected chi connectivity index (χ4v) is 0.532. The van der Waals surface area contributed by atoms with E-state index in [4.69, 9.17) is 9.47 Å². The van der Waals surface area contributed by atoms with E-state index in [1.807, 2.05) is 20.8 Å². The summed E-state index contributed by atoms with van der Waals surface area (Å²) in [7, 11) is 1.63. The topological polar surface area (TPSA) is 18.5 Å². The Balaban J connectivity index is 3.42. The molecule has 0 atom stereocenters. The summed E-state index contributed by atoms with van der Waals surface area (Å²) < 4.78 is 10.4. The first-order chi connectivity index (χ1) is 5.12. The van der Waals surface area contributed by atoms with Gasteiger partial charge >= 0.3 is 0 Å². The van der Waals surface area contributed by atoms with Crippen molar-refractivity contribution in [1.29, 1.82) is 0 Å². The van der Waals surface area contributed by atoms with Gasteiger partial charge in [0.25, 0.3) is 0 Å². The van der Waals surface area contributed by atoms with Crippen molar-refractivity contribution in [2.75, 3.05) is 13.7 Å². The first-order valence-electron chi connectivity index (χ1n) is 3.71. The van der Waals surface area contributed by atoms with E-state index in [0.29, 0.717) is 6.61 Å². The highest BCUT2D eigenvalue weighted by Gasteiger charge is 2.14. The Bertz CT molecular complexity index is 151. The average molecular weight is 156 g/mol. The molecule has 0 rings (SSSR count). The van der Waals surface area contributed by atoms with Gasteiger partial charge in [-0.25, -0.2) is 0 Å². The summed E-state index contributed by atoms with van der Waals surface area (Å²) in [6.07, 6.45) is 0.767. The molecule has 0 aliphatic carbocycles. The lowest BCUT2D eigenvalue weighted by Crippen LogP contribution is -2.26. The Morgan fingerprint density at radius 1 is 1.36 bits per heavy atom. The molecule has 2 heteroatoms. The molecule has 0 saturated carbocycles. The predicted octanol–water partition coefficient (Wildman–Crippen LogP) is 1.80. The molecule has 0 aliphatic rings. The van der Waals surface area contributed by atoms with Crippen LogP contribution in [0.1, 0.15) is 27.2 Å². The van der Waals surface area contributed by atoms with Gasteiger partial charge in [-0.2, -0.15) is 0 Å². The molecular formula is C9H16O2. The van der Waals surface area contributed by atoms with Crippen LogP contribution < -0.4 is 0 Å². The van der Waals surface area contributed by atoms with Crippen molar-refractivity contribution in [2.45, 2.75) is 33.0 Å². The molecule has 0 aliphatic heterocycles. The van der Waals surface area contributed by atoms with Crippen molar-refractivity contribution in [3.05, 3.63) is 0 Å². The highest BCUT2D eigenvalue weighted by molar-refractivity contribution is 4.94. The molecule has 0 heterocycles. The van der Waals surface area contributed by atoms with Crippen LogP contribution in [-0.4, -0.2) is 19.5 Å². The lowest BCUT2D eigenvalue weighted by molar-refractivity contribution is -0.195. The van der Waals surface area contributed by atoms with Crippen molar-refractivity contribution >= 4 is 0 Å². The number of ether oxygens (including phenoxy) is 2. The predicted molar refractivity (Wildman–Crippen MR) is 45.1 cm³/mol. The number of rotatable bonds is 4. The quantitative estimate of drug-likeness (QED) is 0.351. The van der Waals surface area contributed by atoms with Gasteiger partial charge in [0.15, 0.2) is 5.79 Å². The van der Waals surface area contributed by atoms with Crippen LogP contribution in [0.25, 0.3) is 0 Å². The summed E-state index contributed by atoms with van der Waals surface area (Å²) in [5.41, 5.74) is 0. The largest absolute Gasteiger partial charge is 0.354 e. The Hall–Kier alpha value is -0.520. The van der Waals surface area contributed by atoms with Crippen LogP contribution in [0.5, 0.6) is 0 Å². The highest BCUT2D eigenvalue weighted by atomic mass is 16.7. The number of hydrogen-bond donors (Lipinski definition) is 0. The van der Waals surface area contributed by atoms with E-state index in [0.717, 1.165) is 6.42 Å². The summed E-state index contributed by atoms with van der Waals surface area (Å²) in [6, 6.07) is 0. The molecule has 0 aromatic heterocycles. The molecule has 0 aromatic carbocycles. The third-order valence-corrected chi connectivity index (χ3v) is 1.35. The van der Waals surface area contributed by atoms with E-state index in [1.165, 1.54) is 0 Å². The normalized spacial score (nSPS) is 10.5. The van der Waals surface area contributed by atoms with Crippen LogP contribution in [0.4, 0.5) is 0 Å². The summed E-state index contributed by atoms with van der Waals surface area (Å²) in [5, 5.41) is 0. The van der Waals surface area contributed by atoms with Crippen molar-refractivity contribution in [3.63, 3.8) is 0 Å². The monoisotopic (exact) mass is 156 g/mol. The third kappa shape index (κ3) is 5.90. The maximum absolute atomic E-state index is 5.36. The molecule has 0 saturated heterocycles. The molecular weight excluding hydrogens is 140 g/mol. The number of hydrogen-bond acceptors (Lipinski definition) is 2. The first kappa shape index (κ1) is 10.5. The third-order valence-electron chi connectivity index (χ3n) is 1.35. The molecule has 64 valence electrons. The second-order valence-corrected chi connectivity index (χ2v) is 2.63. The van der Waals surface area contributed by atoms with Gasteiger partial charge in [-0.3, -0.25) is 0 Å². The smallest absolute Gasteiger partial charge is 0.162 e. The molecule has 2 nitrogen and oxygen atoms in total. The van der Waals surface area contributed by atoms with E-state index >= 15 is 0 Å². The molecule has 0 bridgehead atoms. The minimum Gasteiger partial charge on any atom is -0.354 e. The van der Waals surface area contributed by atoms with Gasteiger partial charge in [-0.15, -0.1) is 11.8 Å². The van der Waals surface area contributed by atoms with Gasteiger partial charge < -0.3 is 9.47 Å². The van der Waals surface area contributed by atoms with E-state index < -0.39 is 5.79 Å². The minimum absolute atomic E-state index is 0.477. The minimum atomic E-state index is -0.477. The first-order valence-corrected chi connectivity index (χ1v) is 3.71. The van der Waals surface area contributed by atoms with Crippen molar-refractivity contribution in [2.24, 2.45) is 0 Å². The average Bonchev–Trinajstić information content (AvgIpc) is 1.99. The number of methoxy groups -OCH3 is 1. The fraction of sp³-hybridized carbons (Fsp3) is 0.778. The van der Waals surface area contributed by atoms with E-state index in [9.17, 15) is 0 Å². The lowest BCUT2D eigenvalue weighted by Gasteiger charge is -2.22. The van der Waals surface area contributed by atoms with Gasteiger partial charge in [-0.1, -0.05) is 0 Å². The van der Waals surface area contributed by atoms with Crippen LogP contribution in [0.2, 0.25) is 0 Å². The lowest BCUT2D eigenvalue weighted by atomic mass is 10.4. The molecule has 0 aromatic rings. The van der Waals surface area contributed by atoms with Gasteiger partial charge in [0.05, 0.1) is 6.61 Å². The molecule has 11 heavy (non-hydrogen) atoms. The molecule has 0 radical (unpaired) electrons. The van der Waals surface area contributed by atoms with E-state index in [-0.39, 0.29) is 0 Å². The van der Waals surface area contributed by atoms with Gasteiger partial charge in [0.1, 0.15) is 0 Å². The van der Waals surface area contributed by atoms with Gasteiger partial charge in [0, 0.05) is 13.5 Å². The summed E-state index contributed by atoms with van der Waals surface area (Å²) in [4.78, 5) is 0. The maximum atomic E-state index is 5.36. The maximum Gasteiger partial charge on any atom is 0.162 e. The Morgan fingerprint density at radius 2 is 2.00 bits per heavy atom. The van der Waals surface area contributed by atoms with Gasteiger partial charge in [0.2, 0.25) is 0 Å². The highest BCUT2D eigenvalue weighted by Crippen LogP contribution is 2.08. The summed E-state index contributed by atoms with van der Waals surface area (Å²) in [5.74, 6) is 5.24. The van der Waals surface area contributed by atoms with Crippen LogP contribution in [0.15, 0.2) is 0 Å². The molecule has 0 amide bonds. The molecule has 0 spiro atoms. The SMILES string of the molecule is CC#CCCOC(C)(C)OC. The van der Waals surface area contributed by atoms with E-state index in [2.05, 4.69) is 11.8 Å². The second kappa shape index (κ2) is 5.17. The summed E-state index contributed by atoms with van der Waals surface area (Å²) in [6.45, 7) is 6.21. The second-order valence-electron chi connectivity index (χ2n) is 2.63. The Labute approximate surface area is 68.9 Å². The summed E-state index contributed by atoms with van der Waals surface area (Å²) >= 11 is 0.